The highest BCUT2D eigenvalue weighted by Gasteiger charge is 2.12. The van der Waals surface area contributed by atoms with Crippen LogP contribution in [0.4, 0.5) is 16.0 Å². The number of nitrogen functional groups attached to an aromatic ring is 1. The summed E-state index contributed by atoms with van der Waals surface area (Å²) in [5.41, 5.74) is 8.58. The van der Waals surface area contributed by atoms with Crippen LogP contribution in [-0.2, 0) is 14.2 Å². The largest absolute Gasteiger partial charge is 0.462 e. The number of aromatic nitrogens is 5. The predicted octanol–water partition coefficient (Wildman–Crippen LogP) is 5.83. The van der Waals surface area contributed by atoms with Crippen LogP contribution >= 0.6 is 34.8 Å². The van der Waals surface area contributed by atoms with E-state index in [0.717, 1.165) is 6.34 Å². The number of carbonyl (C=O) groups is 3. The van der Waals surface area contributed by atoms with E-state index in [0.29, 0.717) is 42.3 Å². The van der Waals surface area contributed by atoms with Crippen molar-refractivity contribution in [2.45, 2.75) is 28.2 Å². The SMILES string of the molecule is CCOC(=O)c1cc(Cl)n2ncnc2c1.CCOC(=O)c1cc(Cl)nc(N=CNO)c1.CCOC(=O)c1cc(N)nc(Cl)c1.CF.[2H]C. The van der Waals surface area contributed by atoms with Crippen molar-refractivity contribution in [1.29, 1.82) is 0 Å². The van der Waals surface area contributed by atoms with Gasteiger partial charge in [-0.1, -0.05) is 42.2 Å². The number of aliphatic imine (C=N–C) groups is 1. The topological polar surface area (TPSA) is 206 Å². The molecule has 4 aromatic rings. The summed E-state index contributed by atoms with van der Waals surface area (Å²) in [6, 6.07) is 8.69. The van der Waals surface area contributed by atoms with Crippen molar-refractivity contribution in [2.75, 3.05) is 32.7 Å². The molecule has 15 nitrogen and oxygen atoms in total. The number of pyridine rings is 3. The molecule has 0 spiro atoms. The summed E-state index contributed by atoms with van der Waals surface area (Å²) in [6.07, 6.45) is 2.38. The molecule has 4 heterocycles. The van der Waals surface area contributed by atoms with Gasteiger partial charge in [-0.3, -0.25) is 15.1 Å². The normalized spacial score (nSPS) is 9.87. The molecule has 0 amide bonds. The Morgan fingerprint density at radius 2 is 1.40 bits per heavy atom. The Balaban J connectivity index is 0.000000658. The second kappa shape index (κ2) is 22.8. The molecule has 19 heteroatoms. The van der Waals surface area contributed by atoms with E-state index in [9.17, 15) is 18.8 Å². The van der Waals surface area contributed by atoms with Crippen LogP contribution in [0.25, 0.3) is 5.65 Å². The fourth-order valence-corrected chi connectivity index (χ4v) is 3.71. The highest BCUT2D eigenvalue weighted by Crippen LogP contribution is 2.18. The number of fused-ring (bicyclic) bond motifs is 1. The van der Waals surface area contributed by atoms with Gasteiger partial charge in [-0.15, -0.1) is 0 Å². The van der Waals surface area contributed by atoms with Gasteiger partial charge >= 0.3 is 17.9 Å². The minimum Gasteiger partial charge on any atom is -0.462 e. The van der Waals surface area contributed by atoms with E-state index in [2.05, 4.69) is 25.0 Å². The lowest BCUT2D eigenvalue weighted by Crippen LogP contribution is -2.06. The zero-order valence-corrected chi connectivity index (χ0v) is 28.2. The van der Waals surface area contributed by atoms with E-state index in [1.54, 1.807) is 32.3 Å². The Labute approximate surface area is 286 Å². The fourth-order valence-electron chi connectivity index (χ4n) is 3.04. The third-order valence-corrected chi connectivity index (χ3v) is 5.37. The second-order valence-electron chi connectivity index (χ2n) is 7.79. The van der Waals surface area contributed by atoms with Gasteiger partial charge in [0.1, 0.15) is 33.9 Å². The molecule has 0 bridgehead atoms. The molecule has 0 radical (unpaired) electrons. The number of carbonyl (C=O) groups excluding carboxylic acids is 3. The van der Waals surface area contributed by atoms with E-state index in [-0.39, 0.29) is 34.1 Å². The molecule has 0 aromatic carbocycles. The van der Waals surface area contributed by atoms with Crippen LogP contribution in [0.3, 0.4) is 0 Å². The summed E-state index contributed by atoms with van der Waals surface area (Å²) in [6.45, 7) is 6.09. The summed E-state index contributed by atoms with van der Waals surface area (Å²) in [4.78, 5) is 49.2. The van der Waals surface area contributed by atoms with Gasteiger partial charge in [0.15, 0.2) is 11.5 Å². The molecule has 0 atom stereocenters. The molecule has 47 heavy (non-hydrogen) atoms. The molecule has 0 aliphatic carbocycles. The highest BCUT2D eigenvalue weighted by molar-refractivity contribution is 6.30. The number of nitrogens with zero attached hydrogens (tertiary/aromatic N) is 6. The Morgan fingerprint density at radius 3 is 1.89 bits per heavy atom. The van der Waals surface area contributed by atoms with Crippen LogP contribution < -0.4 is 11.2 Å². The maximum atomic E-state index is 11.4. The fraction of sp³-hybridized carbons (Fsp3) is 0.286. The molecular weight excluding hydrogens is 686 g/mol. The molecule has 0 fully saturated rings. The standard InChI is InChI=1S/C9H10ClN3O3.C9H8ClN3O2.C8H9ClN2O2.CH3F.CH4/c1-2-16-9(14)6-3-7(10)13-8(4-6)11-5-12-15;1-2-15-9(14)6-3-7(10)13-8(4-6)11-5-12-13;1-2-13-8(12)5-3-6(9)11-7(10)4-5;1-2;/h3-5,15H,2H2,1H3,(H,11,12,13);3-5H,2H2,1H3;3-4H,2H2,1H3,(H2,10,11);1H3;1H4/i;;;;1D. The minimum absolute atomic E-state index is 0.121. The maximum absolute atomic E-state index is 11.4. The first kappa shape index (κ1) is 40.4. The predicted molar refractivity (Wildman–Crippen MR) is 176 cm³/mol. The Morgan fingerprint density at radius 1 is 0.915 bits per heavy atom. The molecule has 4 N–H and O–H groups in total. The molecule has 4 aromatic heterocycles. The Kier molecular flexibility index (Phi) is 19.6. The van der Waals surface area contributed by atoms with Gasteiger partial charge in [0.2, 0.25) is 0 Å². The van der Waals surface area contributed by atoms with Gasteiger partial charge in [0.05, 0.1) is 43.7 Å². The number of ether oxygens (including phenoxy) is 3. The summed E-state index contributed by atoms with van der Waals surface area (Å²) in [7, 11) is 1.75. The molecule has 0 saturated heterocycles. The van der Waals surface area contributed by atoms with Gasteiger partial charge < -0.3 is 19.9 Å². The van der Waals surface area contributed by atoms with Crippen molar-refractivity contribution < 1.29 is 39.6 Å². The van der Waals surface area contributed by atoms with Crippen molar-refractivity contribution in [3.8, 4) is 0 Å². The Bertz CT molecular complexity index is 1610. The Hall–Kier alpha value is -4.64. The third kappa shape index (κ3) is 14.6. The van der Waals surface area contributed by atoms with Gasteiger partial charge in [-0.2, -0.15) is 5.10 Å². The number of nitrogens with two attached hydrogens (primary N) is 1. The van der Waals surface area contributed by atoms with E-state index >= 15 is 0 Å². The van der Waals surface area contributed by atoms with E-state index in [4.69, 9.17) is 61.3 Å². The number of hydroxylamine groups is 1. The van der Waals surface area contributed by atoms with Crippen LogP contribution in [0.15, 0.2) is 47.7 Å². The molecule has 0 unspecified atom stereocenters. The number of halogens is 4. The third-order valence-electron chi connectivity index (χ3n) is 4.72. The van der Waals surface area contributed by atoms with Gasteiger partial charge in [-0.05, 0) is 57.2 Å². The maximum Gasteiger partial charge on any atom is 0.338 e. The first-order chi connectivity index (χ1) is 23.0. The summed E-state index contributed by atoms with van der Waals surface area (Å²) in [5, 5.41) is 12.8. The summed E-state index contributed by atoms with van der Waals surface area (Å²) in [5.74, 6) is -0.962. The molecule has 0 aliphatic rings. The number of anilines is 1. The number of hydrogen-bond donors (Lipinski definition) is 3. The molecule has 4 rings (SSSR count). The van der Waals surface area contributed by atoms with Gasteiger partial charge in [0, 0.05) is 1.37 Å². The average Bonchev–Trinajstić information content (AvgIpc) is 3.56. The molecule has 256 valence electrons. The summed E-state index contributed by atoms with van der Waals surface area (Å²) < 4.78 is 31.1. The summed E-state index contributed by atoms with van der Waals surface area (Å²) >= 11 is 17.2. The zero-order chi connectivity index (χ0) is 36.6. The number of rotatable bonds is 8. The molecule has 0 aliphatic heterocycles. The second-order valence-corrected chi connectivity index (χ2v) is 8.95. The number of esters is 3. The van der Waals surface area contributed by atoms with Crippen LogP contribution in [0.2, 0.25) is 15.5 Å². The van der Waals surface area contributed by atoms with Gasteiger partial charge in [0.25, 0.3) is 0 Å². The van der Waals surface area contributed by atoms with Crippen LogP contribution in [0.5, 0.6) is 0 Å². The average molecular weight is 721 g/mol. The number of nitrogens with one attached hydrogen (secondary N) is 1. The van der Waals surface area contributed by atoms with Crippen LogP contribution in [0.1, 0.15) is 60.6 Å². The van der Waals surface area contributed by atoms with Crippen molar-refractivity contribution in [1.82, 2.24) is 30.0 Å². The quantitative estimate of drug-likeness (QED) is 0.0490. The molecule has 0 saturated carbocycles. The van der Waals surface area contributed by atoms with Gasteiger partial charge in [-0.25, -0.2) is 38.8 Å². The lowest BCUT2D eigenvalue weighted by molar-refractivity contribution is 0.0516. The monoisotopic (exact) mass is 719 g/mol. The lowest BCUT2D eigenvalue weighted by Gasteiger charge is -2.02. The smallest absolute Gasteiger partial charge is 0.338 e. The van der Waals surface area contributed by atoms with E-state index in [1.807, 2.05) is 0 Å². The van der Waals surface area contributed by atoms with Crippen LogP contribution in [-0.4, -0.2) is 81.0 Å². The van der Waals surface area contributed by atoms with E-state index in [1.165, 1.54) is 48.6 Å². The number of alkyl halides is 1. The number of hydrogen-bond acceptors (Lipinski definition) is 13. The lowest BCUT2D eigenvalue weighted by atomic mass is 10.2. The van der Waals surface area contributed by atoms with Crippen molar-refractivity contribution >= 4 is 76.3 Å². The minimum atomic E-state index is -0.500. The first-order valence-corrected chi connectivity index (χ1v) is 14.1. The van der Waals surface area contributed by atoms with E-state index < -0.39 is 17.9 Å². The molecular formula is C28H34Cl3FN8O7. The first-order valence-electron chi connectivity index (χ1n) is 13.9. The van der Waals surface area contributed by atoms with Crippen LogP contribution in [0, 0.1) is 0 Å². The van der Waals surface area contributed by atoms with Crippen molar-refractivity contribution in [3.05, 3.63) is 74.9 Å². The zero-order valence-electron chi connectivity index (χ0n) is 26.9. The van der Waals surface area contributed by atoms with Crippen molar-refractivity contribution in [3.63, 3.8) is 0 Å². The van der Waals surface area contributed by atoms with Crippen molar-refractivity contribution in [2.24, 2.45) is 4.99 Å². The highest BCUT2D eigenvalue weighted by atomic mass is 35.5.